The highest BCUT2D eigenvalue weighted by Gasteiger charge is 2.40. The van der Waals surface area contributed by atoms with Gasteiger partial charge in [-0.3, -0.25) is 14.4 Å². The highest BCUT2D eigenvalue weighted by molar-refractivity contribution is 6.12. The van der Waals surface area contributed by atoms with Crippen molar-refractivity contribution in [1.82, 2.24) is 0 Å². The number of hydrogen-bond donors (Lipinski definition) is 3. The summed E-state index contributed by atoms with van der Waals surface area (Å²) in [6.45, 7) is 2.44. The van der Waals surface area contributed by atoms with Crippen LogP contribution in [0.1, 0.15) is 30.9 Å². The maximum absolute atomic E-state index is 12.8. The van der Waals surface area contributed by atoms with Gasteiger partial charge < -0.3 is 16.6 Å². The molecule has 0 fully saturated rings. The molecule has 0 saturated carbocycles. The molecule has 25 heavy (non-hydrogen) atoms. The summed E-state index contributed by atoms with van der Waals surface area (Å²) in [5, 5.41) is 7.42. The van der Waals surface area contributed by atoms with Crippen molar-refractivity contribution < 1.29 is 19.5 Å². The average molecular weight is 342 g/mol. The lowest BCUT2D eigenvalue weighted by Gasteiger charge is -2.26. The van der Waals surface area contributed by atoms with Crippen molar-refractivity contribution in [2.45, 2.75) is 25.3 Å². The molecule has 1 amide bonds. The van der Waals surface area contributed by atoms with Gasteiger partial charge >= 0.3 is 0 Å². The fourth-order valence-electron chi connectivity index (χ4n) is 2.21. The van der Waals surface area contributed by atoms with Crippen LogP contribution < -0.4 is 11.5 Å². The molecule has 0 spiro atoms. The van der Waals surface area contributed by atoms with Gasteiger partial charge in [-0.25, -0.2) is 0 Å². The molecule has 2 rings (SSSR count). The first-order valence-corrected chi connectivity index (χ1v) is 7.60. The van der Waals surface area contributed by atoms with Crippen LogP contribution in [0.5, 0.6) is 0 Å². The molecule has 2 aromatic carbocycles. The van der Waals surface area contributed by atoms with Crippen LogP contribution in [-0.4, -0.2) is 28.3 Å². The summed E-state index contributed by atoms with van der Waals surface area (Å²) in [7, 11) is 0. The van der Waals surface area contributed by atoms with Gasteiger partial charge in [0.2, 0.25) is 5.91 Å². The molecule has 0 aliphatic carbocycles. The second kappa shape index (κ2) is 8.75. The first-order valence-electron chi connectivity index (χ1n) is 7.60. The van der Waals surface area contributed by atoms with Crippen molar-refractivity contribution in [1.29, 1.82) is 0 Å². The molecule has 0 saturated heterocycles. The van der Waals surface area contributed by atoms with Gasteiger partial charge in [-0.15, -0.1) is 0 Å². The van der Waals surface area contributed by atoms with Crippen LogP contribution in [0.3, 0.4) is 0 Å². The minimum absolute atomic E-state index is 0.410. The monoisotopic (exact) mass is 342 g/mol. The van der Waals surface area contributed by atoms with E-state index in [9.17, 15) is 9.59 Å². The molecule has 6 heteroatoms. The van der Waals surface area contributed by atoms with Crippen LogP contribution in [0.15, 0.2) is 60.7 Å². The standard InChI is InChI=1S/C17H18N2O2.C2H4O2/c1-17(19,16(18)21)15(20)14(12-8-4-2-5-9-12)13-10-6-3-7-11-13;1-2(3)4/h2-11,14H,19H2,1H3,(H2,18,21);1H3,(H,3,4)/t17-;/m1./s1. The van der Waals surface area contributed by atoms with Gasteiger partial charge in [-0.1, -0.05) is 60.7 Å². The van der Waals surface area contributed by atoms with Gasteiger partial charge in [0.15, 0.2) is 11.3 Å². The summed E-state index contributed by atoms with van der Waals surface area (Å²) in [6.07, 6.45) is 0. The number of carbonyl (C=O) groups is 3. The van der Waals surface area contributed by atoms with Crippen molar-refractivity contribution in [2.24, 2.45) is 11.5 Å². The van der Waals surface area contributed by atoms with Crippen LogP contribution in [0.2, 0.25) is 0 Å². The molecule has 0 radical (unpaired) electrons. The van der Waals surface area contributed by atoms with E-state index >= 15 is 0 Å². The molecule has 132 valence electrons. The number of ketones is 1. The van der Waals surface area contributed by atoms with E-state index in [4.69, 9.17) is 21.4 Å². The second-order valence-corrected chi connectivity index (χ2v) is 5.70. The lowest BCUT2D eigenvalue weighted by molar-refractivity contribution is -0.135. The SMILES string of the molecule is CC(=O)O.C[C@](N)(C(N)=O)C(=O)C(c1ccccc1)c1ccccc1. The van der Waals surface area contributed by atoms with E-state index in [0.717, 1.165) is 18.1 Å². The largest absolute Gasteiger partial charge is 0.481 e. The number of carboxylic acid groups (broad SMARTS) is 1. The summed E-state index contributed by atoms with van der Waals surface area (Å²) in [6, 6.07) is 18.5. The Balaban J connectivity index is 0.000000705. The Bertz CT molecular complexity index is 684. The summed E-state index contributed by atoms with van der Waals surface area (Å²) in [5.41, 5.74) is 11.0. The third-order valence-corrected chi connectivity index (χ3v) is 3.55. The van der Waals surface area contributed by atoms with Gasteiger partial charge in [0.25, 0.3) is 5.97 Å². The zero-order valence-electron chi connectivity index (χ0n) is 14.2. The van der Waals surface area contributed by atoms with Crippen LogP contribution in [0.4, 0.5) is 0 Å². The predicted molar refractivity (Wildman–Crippen MR) is 94.8 cm³/mol. The Hall–Kier alpha value is -2.99. The van der Waals surface area contributed by atoms with Crippen LogP contribution in [0, 0.1) is 0 Å². The van der Waals surface area contributed by atoms with Crippen molar-refractivity contribution >= 4 is 17.7 Å². The number of nitrogens with two attached hydrogens (primary N) is 2. The van der Waals surface area contributed by atoms with E-state index in [0.29, 0.717) is 0 Å². The smallest absolute Gasteiger partial charge is 0.300 e. The fraction of sp³-hybridized carbons (Fsp3) is 0.211. The molecular formula is C19H22N2O4. The second-order valence-electron chi connectivity index (χ2n) is 5.70. The van der Waals surface area contributed by atoms with Crippen LogP contribution in [0.25, 0.3) is 0 Å². The number of carbonyl (C=O) groups excluding carboxylic acids is 2. The van der Waals surface area contributed by atoms with Crippen LogP contribution in [-0.2, 0) is 14.4 Å². The van der Waals surface area contributed by atoms with E-state index in [1.807, 2.05) is 60.7 Å². The number of Topliss-reactive ketones (excluding diaryl/α,β-unsaturated/α-hetero) is 1. The van der Waals surface area contributed by atoms with Crippen molar-refractivity contribution in [3.63, 3.8) is 0 Å². The Morgan fingerprint density at radius 2 is 1.24 bits per heavy atom. The minimum Gasteiger partial charge on any atom is -0.481 e. The molecule has 5 N–H and O–H groups in total. The number of carboxylic acids is 1. The number of primary amides is 1. The molecular weight excluding hydrogens is 320 g/mol. The molecule has 1 atom stereocenters. The van der Waals surface area contributed by atoms with Gasteiger partial charge in [0, 0.05) is 6.92 Å². The average Bonchev–Trinajstić information content (AvgIpc) is 2.56. The maximum Gasteiger partial charge on any atom is 0.300 e. The predicted octanol–water partition coefficient (Wildman–Crippen LogP) is 1.68. The Morgan fingerprint density at radius 3 is 1.52 bits per heavy atom. The molecule has 0 aliphatic rings. The molecule has 6 nitrogen and oxygen atoms in total. The molecule has 0 heterocycles. The van der Waals surface area contributed by atoms with Gasteiger partial charge in [-0.2, -0.15) is 0 Å². The summed E-state index contributed by atoms with van der Waals surface area (Å²) in [5.74, 6) is -2.69. The first-order chi connectivity index (χ1) is 11.7. The number of aliphatic carboxylic acids is 1. The van der Waals surface area contributed by atoms with Crippen LogP contribution >= 0.6 is 0 Å². The lowest BCUT2D eigenvalue weighted by Crippen LogP contribution is -2.57. The quantitative estimate of drug-likeness (QED) is 0.713. The van der Waals surface area contributed by atoms with Crippen molar-refractivity contribution in [3.8, 4) is 0 Å². The molecule has 0 bridgehead atoms. The van der Waals surface area contributed by atoms with Crippen molar-refractivity contribution in [3.05, 3.63) is 71.8 Å². The zero-order chi connectivity index (χ0) is 19.0. The molecule has 2 aromatic rings. The summed E-state index contributed by atoms with van der Waals surface area (Å²) < 4.78 is 0. The van der Waals surface area contributed by atoms with E-state index < -0.39 is 29.1 Å². The Labute approximate surface area is 146 Å². The number of hydrogen-bond acceptors (Lipinski definition) is 4. The minimum atomic E-state index is -1.71. The van der Waals surface area contributed by atoms with Gasteiger partial charge in [0.05, 0.1) is 5.92 Å². The van der Waals surface area contributed by atoms with E-state index in [2.05, 4.69) is 0 Å². The topological polar surface area (TPSA) is 123 Å². The first kappa shape index (κ1) is 20.1. The Kier molecular flexibility index (Phi) is 7.02. The third-order valence-electron chi connectivity index (χ3n) is 3.55. The highest BCUT2D eigenvalue weighted by Crippen LogP contribution is 2.28. The van der Waals surface area contributed by atoms with Gasteiger partial charge in [0.1, 0.15) is 0 Å². The van der Waals surface area contributed by atoms with E-state index in [1.54, 1.807) is 0 Å². The Morgan fingerprint density at radius 1 is 0.920 bits per heavy atom. The maximum atomic E-state index is 12.8. The molecule has 0 unspecified atom stereocenters. The molecule has 0 aromatic heterocycles. The number of amides is 1. The van der Waals surface area contributed by atoms with Gasteiger partial charge in [-0.05, 0) is 18.1 Å². The summed E-state index contributed by atoms with van der Waals surface area (Å²) in [4.78, 5) is 33.3. The highest BCUT2D eigenvalue weighted by atomic mass is 16.4. The fourth-order valence-corrected chi connectivity index (χ4v) is 2.21. The number of rotatable bonds is 5. The van der Waals surface area contributed by atoms with Crippen molar-refractivity contribution in [2.75, 3.05) is 0 Å². The van der Waals surface area contributed by atoms with E-state index in [1.165, 1.54) is 6.92 Å². The third kappa shape index (κ3) is 5.54. The number of benzene rings is 2. The van der Waals surface area contributed by atoms with E-state index in [-0.39, 0.29) is 0 Å². The summed E-state index contributed by atoms with van der Waals surface area (Å²) >= 11 is 0. The normalized spacial score (nSPS) is 12.5. The lowest BCUT2D eigenvalue weighted by atomic mass is 9.79. The molecule has 0 aliphatic heterocycles. The zero-order valence-corrected chi connectivity index (χ0v) is 14.2.